The zero-order valence-electron chi connectivity index (χ0n) is 16.8. The summed E-state index contributed by atoms with van der Waals surface area (Å²) < 4.78 is 0.939. The number of nitrogens with zero attached hydrogens (tertiary/aromatic N) is 1. The number of amides is 1. The van der Waals surface area contributed by atoms with Gasteiger partial charge in [0.15, 0.2) is 0 Å². The average molecular weight is 514 g/mol. The van der Waals surface area contributed by atoms with Crippen LogP contribution in [0.3, 0.4) is 0 Å². The van der Waals surface area contributed by atoms with Crippen LogP contribution < -0.4 is 10.2 Å². The Labute approximate surface area is 189 Å². The Morgan fingerprint density at radius 1 is 0.967 bits per heavy atom. The number of rotatable bonds is 4. The predicted octanol–water partition coefficient (Wildman–Crippen LogP) is 4.86. The fraction of sp³-hybridized carbons (Fsp3) is 0.292. The van der Waals surface area contributed by atoms with Crippen LogP contribution in [0.4, 0.5) is 5.69 Å². The molecule has 0 heterocycles. The van der Waals surface area contributed by atoms with Crippen LogP contribution >= 0.6 is 22.6 Å². The minimum atomic E-state index is -0.310. The quantitative estimate of drug-likeness (QED) is 0.593. The summed E-state index contributed by atoms with van der Waals surface area (Å²) in [5.41, 5.74) is 1.66. The van der Waals surface area contributed by atoms with Crippen LogP contribution in [0.2, 0.25) is 0 Å². The monoisotopic (exact) mass is 514 g/mol. The first kappa shape index (κ1) is 20.8. The fourth-order valence-corrected chi connectivity index (χ4v) is 4.77. The number of Topliss-reactive ketones (excluding diaryl/α,β-unsaturated/α-hetero) is 2. The molecule has 154 valence electrons. The summed E-state index contributed by atoms with van der Waals surface area (Å²) in [6.45, 7) is 1.42. The van der Waals surface area contributed by atoms with E-state index in [0.29, 0.717) is 16.8 Å². The summed E-state index contributed by atoms with van der Waals surface area (Å²) in [6, 6.07) is 14.3. The molecule has 5 nitrogen and oxygen atoms in total. The molecule has 1 amide bonds. The molecule has 0 atom stereocenters. The second-order valence-corrected chi connectivity index (χ2v) is 8.99. The second-order valence-electron chi connectivity index (χ2n) is 7.74. The summed E-state index contributed by atoms with van der Waals surface area (Å²) in [4.78, 5) is 41.2. The highest BCUT2D eigenvalue weighted by molar-refractivity contribution is 14.1. The maximum absolute atomic E-state index is 13.6. The van der Waals surface area contributed by atoms with Gasteiger partial charge in [-0.15, -0.1) is 0 Å². The summed E-state index contributed by atoms with van der Waals surface area (Å²) in [5.74, 6) is -0.851. The Morgan fingerprint density at radius 3 is 2.27 bits per heavy atom. The topological polar surface area (TPSA) is 66.5 Å². The molecular weight excluding hydrogens is 491 g/mol. The zero-order chi connectivity index (χ0) is 21.3. The lowest BCUT2D eigenvalue weighted by Gasteiger charge is -2.32. The molecule has 2 aliphatic carbocycles. The number of carbonyl (C=O) groups is 3. The number of fused-ring (bicyclic) bond motifs is 1. The highest BCUT2D eigenvalue weighted by Gasteiger charge is 2.38. The van der Waals surface area contributed by atoms with Crippen molar-refractivity contribution >= 4 is 45.8 Å². The van der Waals surface area contributed by atoms with Crippen molar-refractivity contribution in [2.24, 2.45) is 0 Å². The van der Waals surface area contributed by atoms with Crippen LogP contribution in [0.1, 0.15) is 59.7 Å². The molecule has 0 radical (unpaired) electrons. The number of benzene rings is 2. The second kappa shape index (κ2) is 8.71. The molecule has 0 spiro atoms. The molecule has 2 aromatic rings. The van der Waals surface area contributed by atoms with Gasteiger partial charge in [0.05, 0.1) is 5.69 Å². The number of anilines is 1. The smallest absolute Gasteiger partial charge is 0.228 e. The van der Waals surface area contributed by atoms with Crippen molar-refractivity contribution in [2.75, 3.05) is 4.90 Å². The lowest BCUT2D eigenvalue weighted by Crippen LogP contribution is -2.43. The Kier molecular flexibility index (Phi) is 6.04. The van der Waals surface area contributed by atoms with Crippen molar-refractivity contribution in [3.8, 4) is 0 Å². The predicted molar refractivity (Wildman–Crippen MR) is 124 cm³/mol. The summed E-state index contributed by atoms with van der Waals surface area (Å²) >= 11 is 2.17. The molecule has 2 aliphatic rings. The molecule has 1 fully saturated rings. The van der Waals surface area contributed by atoms with E-state index in [-0.39, 0.29) is 34.9 Å². The fourth-order valence-electron chi connectivity index (χ4n) is 4.24. The Morgan fingerprint density at radius 2 is 1.63 bits per heavy atom. The standard InChI is InChI=1S/C24H23IN2O3/c1-15(28)27(18-11-7-8-16(25)14-18)22-21(26-17-9-3-2-4-10-17)23(29)19-12-5-6-13-20(19)24(22)30/h5-8,11-14,17,26H,2-4,9-10H2,1H3. The van der Waals surface area contributed by atoms with E-state index in [4.69, 9.17) is 0 Å². The first-order chi connectivity index (χ1) is 14.5. The van der Waals surface area contributed by atoms with E-state index < -0.39 is 0 Å². The Bertz CT molecular complexity index is 1050. The van der Waals surface area contributed by atoms with Gasteiger partial charge in [-0.05, 0) is 53.6 Å². The molecule has 0 aromatic heterocycles. The molecular formula is C24H23IN2O3. The first-order valence-electron chi connectivity index (χ1n) is 10.2. The van der Waals surface area contributed by atoms with Gasteiger partial charge in [0.25, 0.3) is 0 Å². The van der Waals surface area contributed by atoms with Crippen molar-refractivity contribution < 1.29 is 14.4 Å². The number of ketones is 2. The molecule has 0 unspecified atom stereocenters. The van der Waals surface area contributed by atoms with E-state index in [1.807, 2.05) is 18.2 Å². The van der Waals surface area contributed by atoms with Crippen molar-refractivity contribution in [2.45, 2.75) is 45.1 Å². The number of halogens is 1. The van der Waals surface area contributed by atoms with Crippen molar-refractivity contribution in [3.05, 3.63) is 74.6 Å². The largest absolute Gasteiger partial charge is 0.377 e. The van der Waals surface area contributed by atoms with Gasteiger partial charge >= 0.3 is 0 Å². The number of hydrogen-bond acceptors (Lipinski definition) is 4. The van der Waals surface area contributed by atoms with Crippen molar-refractivity contribution in [3.63, 3.8) is 0 Å². The van der Waals surface area contributed by atoms with Crippen LogP contribution in [-0.4, -0.2) is 23.5 Å². The molecule has 1 N–H and O–H groups in total. The van der Waals surface area contributed by atoms with Gasteiger partial charge in [-0.3, -0.25) is 19.3 Å². The third kappa shape index (κ3) is 3.93. The minimum absolute atomic E-state index is 0.121. The van der Waals surface area contributed by atoms with Gasteiger partial charge < -0.3 is 5.32 Å². The van der Waals surface area contributed by atoms with Gasteiger partial charge in [-0.1, -0.05) is 49.6 Å². The van der Waals surface area contributed by atoms with E-state index in [1.165, 1.54) is 18.2 Å². The Balaban J connectivity index is 1.89. The van der Waals surface area contributed by atoms with Gasteiger partial charge in [-0.2, -0.15) is 0 Å². The third-order valence-electron chi connectivity index (χ3n) is 5.65. The van der Waals surface area contributed by atoms with Crippen molar-refractivity contribution in [1.29, 1.82) is 0 Å². The van der Waals surface area contributed by atoms with E-state index >= 15 is 0 Å². The average Bonchev–Trinajstić information content (AvgIpc) is 2.75. The van der Waals surface area contributed by atoms with E-state index in [0.717, 1.165) is 29.3 Å². The lowest BCUT2D eigenvalue weighted by molar-refractivity contribution is -0.116. The highest BCUT2D eigenvalue weighted by Crippen LogP contribution is 2.32. The van der Waals surface area contributed by atoms with Gasteiger partial charge in [0, 0.05) is 27.7 Å². The van der Waals surface area contributed by atoms with E-state index in [9.17, 15) is 14.4 Å². The number of hydrogen-bond donors (Lipinski definition) is 1. The molecule has 1 saturated carbocycles. The molecule has 2 aromatic carbocycles. The normalized spacial score (nSPS) is 17.0. The SMILES string of the molecule is CC(=O)N(C1=C(NC2CCCCC2)C(=O)c2ccccc2C1=O)c1cccc(I)c1. The summed E-state index contributed by atoms with van der Waals surface area (Å²) in [5, 5.41) is 3.36. The van der Waals surface area contributed by atoms with Crippen LogP contribution in [0, 0.1) is 3.57 Å². The van der Waals surface area contributed by atoms with Gasteiger partial charge in [0.1, 0.15) is 11.4 Å². The molecule has 0 bridgehead atoms. The number of allylic oxidation sites excluding steroid dienone is 2. The van der Waals surface area contributed by atoms with Crippen LogP contribution in [0.15, 0.2) is 59.9 Å². The molecule has 4 rings (SSSR count). The summed E-state index contributed by atoms with van der Waals surface area (Å²) in [6.07, 6.45) is 5.26. The molecule has 0 saturated heterocycles. The minimum Gasteiger partial charge on any atom is -0.377 e. The lowest BCUT2D eigenvalue weighted by atomic mass is 9.88. The molecule has 6 heteroatoms. The maximum Gasteiger partial charge on any atom is 0.228 e. The maximum atomic E-state index is 13.6. The van der Waals surface area contributed by atoms with Crippen LogP contribution in [0.5, 0.6) is 0 Å². The van der Waals surface area contributed by atoms with Crippen molar-refractivity contribution in [1.82, 2.24) is 5.32 Å². The molecule has 30 heavy (non-hydrogen) atoms. The van der Waals surface area contributed by atoms with Crippen LogP contribution in [-0.2, 0) is 4.79 Å². The Hall–Kier alpha value is -2.48. The van der Waals surface area contributed by atoms with Gasteiger partial charge in [0.2, 0.25) is 17.5 Å². The first-order valence-corrected chi connectivity index (χ1v) is 11.3. The number of nitrogens with one attached hydrogen (secondary N) is 1. The van der Waals surface area contributed by atoms with Crippen LogP contribution in [0.25, 0.3) is 0 Å². The van der Waals surface area contributed by atoms with E-state index in [2.05, 4.69) is 27.9 Å². The number of carbonyl (C=O) groups excluding carboxylic acids is 3. The summed E-state index contributed by atoms with van der Waals surface area (Å²) in [7, 11) is 0. The highest BCUT2D eigenvalue weighted by atomic mass is 127. The third-order valence-corrected chi connectivity index (χ3v) is 6.32. The molecule has 0 aliphatic heterocycles. The van der Waals surface area contributed by atoms with E-state index in [1.54, 1.807) is 30.3 Å². The van der Waals surface area contributed by atoms with Gasteiger partial charge in [-0.25, -0.2) is 0 Å². The zero-order valence-corrected chi connectivity index (χ0v) is 18.9.